The average Bonchev–Trinajstić information content (AvgIpc) is 2.91. The second-order valence-corrected chi connectivity index (χ2v) is 4.48. The van der Waals surface area contributed by atoms with E-state index in [1.54, 1.807) is 38.1 Å². The molecule has 21 heavy (non-hydrogen) atoms. The van der Waals surface area contributed by atoms with Crippen molar-refractivity contribution in [1.29, 1.82) is 0 Å². The van der Waals surface area contributed by atoms with E-state index in [0.29, 0.717) is 29.3 Å². The Balaban J connectivity index is 2.11. The third-order valence-electron chi connectivity index (χ3n) is 2.93. The van der Waals surface area contributed by atoms with E-state index in [1.165, 1.54) is 0 Å². The summed E-state index contributed by atoms with van der Waals surface area (Å²) in [6, 6.07) is 5.61. The largest absolute Gasteiger partial charge is 0.480 e. The second kappa shape index (κ2) is 6.17. The van der Waals surface area contributed by atoms with Gasteiger partial charge in [-0.05, 0) is 30.7 Å². The molecule has 0 saturated heterocycles. The number of aryl methyl sites for hydroxylation is 1. The van der Waals surface area contributed by atoms with Crippen LogP contribution < -0.4 is 5.32 Å². The Labute approximate surface area is 121 Å². The number of aliphatic carboxylic acids is 1. The molecule has 1 aromatic heterocycles. The van der Waals surface area contributed by atoms with Crippen LogP contribution in [0.15, 0.2) is 28.7 Å². The Kier molecular flexibility index (Phi) is 4.32. The average molecular weight is 289 g/mol. The minimum Gasteiger partial charge on any atom is -0.480 e. The number of nitrogens with zero attached hydrogens (tertiary/aromatic N) is 2. The van der Waals surface area contributed by atoms with Crippen LogP contribution in [0.25, 0.3) is 11.5 Å². The molecule has 0 spiro atoms. The van der Waals surface area contributed by atoms with Crippen LogP contribution in [0.2, 0.25) is 0 Å². The Morgan fingerprint density at radius 2 is 1.95 bits per heavy atom. The Hall–Kier alpha value is -2.70. The van der Waals surface area contributed by atoms with Crippen LogP contribution in [-0.2, 0) is 4.79 Å². The Morgan fingerprint density at radius 1 is 1.29 bits per heavy atom. The molecule has 110 valence electrons. The smallest absolute Gasteiger partial charge is 0.326 e. The first-order chi connectivity index (χ1) is 10.0. The highest BCUT2D eigenvalue weighted by Crippen LogP contribution is 2.18. The second-order valence-electron chi connectivity index (χ2n) is 4.48. The van der Waals surface area contributed by atoms with E-state index in [2.05, 4.69) is 15.5 Å². The van der Waals surface area contributed by atoms with Crippen molar-refractivity contribution in [3.05, 3.63) is 35.7 Å². The van der Waals surface area contributed by atoms with Gasteiger partial charge in [0.15, 0.2) is 0 Å². The van der Waals surface area contributed by atoms with E-state index in [0.717, 1.165) is 0 Å². The SMILES string of the molecule is CCC(NC(=O)c1ccc(-c2nnc(C)o2)cc1)C(=O)O. The van der Waals surface area contributed by atoms with E-state index in [4.69, 9.17) is 9.52 Å². The van der Waals surface area contributed by atoms with Crippen LogP contribution in [0, 0.1) is 6.92 Å². The van der Waals surface area contributed by atoms with Crippen LogP contribution in [0.4, 0.5) is 0 Å². The van der Waals surface area contributed by atoms with E-state index >= 15 is 0 Å². The lowest BCUT2D eigenvalue weighted by molar-refractivity contribution is -0.139. The van der Waals surface area contributed by atoms with Gasteiger partial charge in [-0.2, -0.15) is 0 Å². The number of amides is 1. The molecule has 0 aliphatic heterocycles. The maximum atomic E-state index is 11.9. The highest BCUT2D eigenvalue weighted by molar-refractivity contribution is 5.96. The molecule has 0 bridgehead atoms. The van der Waals surface area contributed by atoms with Crippen LogP contribution in [0.1, 0.15) is 29.6 Å². The van der Waals surface area contributed by atoms with Gasteiger partial charge in [0.25, 0.3) is 5.91 Å². The fourth-order valence-electron chi connectivity index (χ4n) is 1.76. The van der Waals surface area contributed by atoms with Crippen molar-refractivity contribution < 1.29 is 19.1 Å². The highest BCUT2D eigenvalue weighted by atomic mass is 16.4. The van der Waals surface area contributed by atoms with Crippen molar-refractivity contribution in [2.24, 2.45) is 0 Å². The number of carbonyl (C=O) groups is 2. The number of hydrogen-bond acceptors (Lipinski definition) is 5. The predicted molar refractivity (Wildman–Crippen MR) is 73.7 cm³/mol. The number of aromatic nitrogens is 2. The molecular formula is C14H15N3O4. The van der Waals surface area contributed by atoms with Crippen LogP contribution >= 0.6 is 0 Å². The van der Waals surface area contributed by atoms with E-state index < -0.39 is 17.9 Å². The third kappa shape index (κ3) is 3.44. The van der Waals surface area contributed by atoms with Gasteiger partial charge in [-0.15, -0.1) is 10.2 Å². The lowest BCUT2D eigenvalue weighted by atomic mass is 10.1. The zero-order chi connectivity index (χ0) is 15.4. The molecule has 7 nitrogen and oxygen atoms in total. The van der Waals surface area contributed by atoms with Crippen molar-refractivity contribution in [3.63, 3.8) is 0 Å². The molecule has 2 rings (SSSR count). The van der Waals surface area contributed by atoms with Crippen molar-refractivity contribution >= 4 is 11.9 Å². The Morgan fingerprint density at radius 3 is 2.43 bits per heavy atom. The Bertz CT molecular complexity index is 648. The quantitative estimate of drug-likeness (QED) is 0.866. The summed E-state index contributed by atoms with van der Waals surface area (Å²) in [4.78, 5) is 22.8. The van der Waals surface area contributed by atoms with Crippen molar-refractivity contribution in [3.8, 4) is 11.5 Å². The molecule has 1 amide bonds. The normalized spacial score (nSPS) is 11.9. The molecule has 1 aromatic carbocycles. The fraction of sp³-hybridized carbons (Fsp3) is 0.286. The molecule has 2 N–H and O–H groups in total. The number of hydrogen-bond donors (Lipinski definition) is 2. The maximum absolute atomic E-state index is 11.9. The molecule has 1 unspecified atom stereocenters. The number of carboxylic acid groups (broad SMARTS) is 1. The summed E-state index contributed by atoms with van der Waals surface area (Å²) in [6.07, 6.45) is 0.320. The summed E-state index contributed by atoms with van der Waals surface area (Å²) in [5.41, 5.74) is 1.06. The first-order valence-corrected chi connectivity index (χ1v) is 6.45. The molecule has 0 aliphatic carbocycles. The molecule has 2 aromatic rings. The van der Waals surface area contributed by atoms with Crippen molar-refractivity contribution in [1.82, 2.24) is 15.5 Å². The summed E-state index contributed by atoms with van der Waals surface area (Å²) in [6.45, 7) is 3.38. The molecule has 1 atom stereocenters. The first kappa shape index (κ1) is 14.7. The molecule has 0 aliphatic rings. The minimum atomic E-state index is -1.05. The number of rotatable bonds is 5. The predicted octanol–water partition coefficient (Wildman–Crippen LogP) is 1.64. The van der Waals surface area contributed by atoms with Gasteiger partial charge in [0.05, 0.1) is 0 Å². The maximum Gasteiger partial charge on any atom is 0.326 e. The lowest BCUT2D eigenvalue weighted by Crippen LogP contribution is -2.40. The fourth-order valence-corrected chi connectivity index (χ4v) is 1.76. The zero-order valence-corrected chi connectivity index (χ0v) is 11.7. The van der Waals surface area contributed by atoms with Gasteiger partial charge in [-0.25, -0.2) is 4.79 Å². The van der Waals surface area contributed by atoms with Crippen molar-refractivity contribution in [2.75, 3.05) is 0 Å². The molecule has 1 heterocycles. The zero-order valence-electron chi connectivity index (χ0n) is 11.7. The topological polar surface area (TPSA) is 105 Å². The van der Waals surface area contributed by atoms with E-state index in [-0.39, 0.29) is 0 Å². The van der Waals surface area contributed by atoms with Gasteiger partial charge in [0.2, 0.25) is 11.8 Å². The summed E-state index contributed by atoms with van der Waals surface area (Å²) < 4.78 is 5.28. The van der Waals surface area contributed by atoms with Gasteiger partial charge < -0.3 is 14.8 Å². The number of carbonyl (C=O) groups excluding carboxylic acids is 1. The van der Waals surface area contributed by atoms with Gasteiger partial charge in [-0.3, -0.25) is 4.79 Å². The van der Waals surface area contributed by atoms with Crippen LogP contribution in [-0.4, -0.2) is 33.2 Å². The summed E-state index contributed by atoms with van der Waals surface area (Å²) in [7, 11) is 0. The number of nitrogens with one attached hydrogen (secondary N) is 1. The third-order valence-corrected chi connectivity index (χ3v) is 2.93. The molecular weight excluding hydrogens is 274 g/mol. The first-order valence-electron chi connectivity index (χ1n) is 6.45. The van der Waals surface area contributed by atoms with Gasteiger partial charge >= 0.3 is 5.97 Å². The monoisotopic (exact) mass is 289 g/mol. The van der Waals surface area contributed by atoms with E-state index in [9.17, 15) is 9.59 Å². The lowest BCUT2D eigenvalue weighted by Gasteiger charge is -2.12. The number of benzene rings is 1. The molecule has 0 fully saturated rings. The number of carboxylic acids is 1. The van der Waals surface area contributed by atoms with Gasteiger partial charge in [0.1, 0.15) is 6.04 Å². The van der Waals surface area contributed by atoms with E-state index in [1.807, 2.05) is 0 Å². The van der Waals surface area contributed by atoms with Crippen LogP contribution in [0.3, 0.4) is 0 Å². The van der Waals surface area contributed by atoms with Gasteiger partial charge in [0, 0.05) is 18.1 Å². The van der Waals surface area contributed by atoms with Crippen molar-refractivity contribution in [2.45, 2.75) is 26.3 Å². The highest BCUT2D eigenvalue weighted by Gasteiger charge is 2.18. The van der Waals surface area contributed by atoms with Gasteiger partial charge in [-0.1, -0.05) is 6.92 Å². The molecule has 0 radical (unpaired) electrons. The molecule has 0 saturated carbocycles. The van der Waals surface area contributed by atoms with Crippen LogP contribution in [0.5, 0.6) is 0 Å². The summed E-state index contributed by atoms with van der Waals surface area (Å²) in [5.74, 6) is -0.656. The molecule has 7 heteroatoms. The standard InChI is InChI=1S/C14H15N3O4/c1-3-11(14(19)20)15-12(18)9-4-6-10(7-5-9)13-17-16-8(2)21-13/h4-7,11H,3H2,1-2H3,(H,15,18)(H,19,20). The minimum absolute atomic E-state index is 0.320. The summed E-state index contributed by atoms with van der Waals surface area (Å²) >= 11 is 0. The summed E-state index contributed by atoms with van der Waals surface area (Å²) in [5, 5.41) is 19.0.